The summed E-state index contributed by atoms with van der Waals surface area (Å²) >= 11 is 4.46. The summed E-state index contributed by atoms with van der Waals surface area (Å²) in [6, 6.07) is 10.6. The Morgan fingerprint density at radius 2 is 1.54 bits per heavy atom. The highest BCUT2D eigenvalue weighted by atomic mass is 127. The van der Waals surface area contributed by atoms with Crippen molar-refractivity contribution >= 4 is 52.8 Å². The van der Waals surface area contributed by atoms with Crippen molar-refractivity contribution in [1.29, 1.82) is 0 Å². The normalized spacial score (nSPS) is 11.5. The molecule has 0 aliphatic heterocycles. The molecule has 1 N–H and O–H groups in total. The number of aryl methyl sites for hydroxylation is 1. The SMILES string of the molecule is CCOP(=O)(CCc1cc(I)c(Oc2ccc(O)cc2)c(I)c1)OCC. The van der Waals surface area contributed by atoms with Gasteiger partial charge in [-0.3, -0.25) is 4.57 Å². The van der Waals surface area contributed by atoms with Gasteiger partial charge in [-0.25, -0.2) is 0 Å². The van der Waals surface area contributed by atoms with Crippen molar-refractivity contribution in [2.45, 2.75) is 20.3 Å². The van der Waals surface area contributed by atoms with Gasteiger partial charge in [-0.2, -0.15) is 0 Å². The maximum absolute atomic E-state index is 12.6. The highest BCUT2D eigenvalue weighted by Gasteiger charge is 2.23. The summed E-state index contributed by atoms with van der Waals surface area (Å²) in [5.41, 5.74) is 1.05. The van der Waals surface area contributed by atoms with Crippen LogP contribution in [0.4, 0.5) is 0 Å². The quantitative estimate of drug-likeness (QED) is 0.274. The van der Waals surface area contributed by atoms with E-state index in [-0.39, 0.29) is 5.75 Å². The lowest BCUT2D eigenvalue weighted by molar-refractivity contribution is 0.220. The third-order valence-electron chi connectivity index (χ3n) is 3.44. The third-order valence-corrected chi connectivity index (χ3v) is 7.12. The van der Waals surface area contributed by atoms with Crippen LogP contribution < -0.4 is 4.74 Å². The van der Waals surface area contributed by atoms with Crippen LogP contribution in [0.5, 0.6) is 17.2 Å². The van der Waals surface area contributed by atoms with Crippen molar-refractivity contribution in [3.8, 4) is 17.2 Å². The Labute approximate surface area is 181 Å². The molecule has 8 heteroatoms. The van der Waals surface area contributed by atoms with Crippen LogP contribution in [0.3, 0.4) is 0 Å². The molecule has 0 atom stereocenters. The van der Waals surface area contributed by atoms with E-state index in [9.17, 15) is 9.67 Å². The molecule has 0 radical (unpaired) electrons. The molecule has 26 heavy (non-hydrogen) atoms. The number of benzene rings is 2. The highest BCUT2D eigenvalue weighted by molar-refractivity contribution is 14.1. The Bertz CT molecular complexity index is 747. The standard InChI is InChI=1S/C18H21I2O5P/c1-3-23-26(22,24-4-2)10-9-13-11-16(19)18(17(20)12-13)25-15-7-5-14(21)6-8-15/h5-8,11-12,21H,3-4,9-10H2,1-2H3. The van der Waals surface area contributed by atoms with Crippen LogP contribution in [0.1, 0.15) is 19.4 Å². The van der Waals surface area contributed by atoms with Gasteiger partial charge in [-0.15, -0.1) is 0 Å². The number of halogens is 2. The molecule has 2 aromatic carbocycles. The molecule has 142 valence electrons. The van der Waals surface area contributed by atoms with E-state index in [2.05, 4.69) is 45.2 Å². The Morgan fingerprint density at radius 1 is 1.00 bits per heavy atom. The fourth-order valence-electron chi connectivity index (χ4n) is 2.31. The van der Waals surface area contributed by atoms with E-state index < -0.39 is 7.60 Å². The number of phenols is 1. The van der Waals surface area contributed by atoms with E-state index in [1.165, 1.54) is 0 Å². The predicted molar refractivity (Wildman–Crippen MR) is 119 cm³/mol. The van der Waals surface area contributed by atoms with Crippen molar-refractivity contribution in [2.75, 3.05) is 19.4 Å². The Morgan fingerprint density at radius 3 is 2.04 bits per heavy atom. The summed E-state index contributed by atoms with van der Waals surface area (Å²) in [6.45, 7) is 4.36. The van der Waals surface area contributed by atoms with E-state index in [1.807, 2.05) is 26.0 Å². The van der Waals surface area contributed by atoms with E-state index in [1.54, 1.807) is 24.3 Å². The fraction of sp³-hybridized carbons (Fsp3) is 0.333. The van der Waals surface area contributed by atoms with Gasteiger partial charge in [0.1, 0.15) is 11.5 Å². The number of aromatic hydroxyl groups is 1. The van der Waals surface area contributed by atoms with Gasteiger partial charge < -0.3 is 18.9 Å². The van der Waals surface area contributed by atoms with Gasteiger partial charge in [0.15, 0.2) is 5.75 Å². The molecule has 0 saturated heterocycles. The summed E-state index contributed by atoms with van der Waals surface area (Å²) in [4.78, 5) is 0. The third kappa shape index (κ3) is 6.37. The Balaban J connectivity index is 2.13. The van der Waals surface area contributed by atoms with Crippen LogP contribution in [0.25, 0.3) is 0 Å². The molecule has 0 unspecified atom stereocenters. The van der Waals surface area contributed by atoms with E-state index in [4.69, 9.17) is 13.8 Å². The molecular formula is C18H21I2O5P. The largest absolute Gasteiger partial charge is 0.508 e. The number of ether oxygens (including phenoxy) is 1. The zero-order valence-electron chi connectivity index (χ0n) is 14.6. The topological polar surface area (TPSA) is 65.0 Å². The first kappa shape index (κ1) is 21.9. The van der Waals surface area contributed by atoms with Gasteiger partial charge in [-0.1, -0.05) is 0 Å². The first-order valence-electron chi connectivity index (χ1n) is 8.19. The maximum atomic E-state index is 12.6. The first-order valence-corrected chi connectivity index (χ1v) is 12.1. The van der Waals surface area contributed by atoms with Crippen molar-refractivity contribution in [3.05, 3.63) is 49.1 Å². The molecular weight excluding hydrogens is 581 g/mol. The highest BCUT2D eigenvalue weighted by Crippen LogP contribution is 2.48. The van der Waals surface area contributed by atoms with Crippen LogP contribution in [0, 0.1) is 7.14 Å². The lowest BCUT2D eigenvalue weighted by Crippen LogP contribution is -2.03. The number of hydrogen-bond donors (Lipinski definition) is 1. The molecule has 0 aliphatic rings. The fourth-order valence-corrected chi connectivity index (χ4v) is 6.08. The van der Waals surface area contributed by atoms with Crippen molar-refractivity contribution in [1.82, 2.24) is 0 Å². The zero-order valence-corrected chi connectivity index (χ0v) is 19.8. The second-order valence-corrected chi connectivity index (χ2v) is 9.91. The van der Waals surface area contributed by atoms with E-state index in [0.717, 1.165) is 18.5 Å². The summed E-state index contributed by atoms with van der Waals surface area (Å²) < 4.78 is 31.2. The van der Waals surface area contributed by atoms with Crippen LogP contribution in [-0.4, -0.2) is 24.5 Å². The van der Waals surface area contributed by atoms with Crippen molar-refractivity contribution < 1.29 is 23.5 Å². The lowest BCUT2D eigenvalue weighted by Gasteiger charge is -2.17. The lowest BCUT2D eigenvalue weighted by atomic mass is 10.2. The zero-order chi connectivity index (χ0) is 19.2. The predicted octanol–water partition coefficient (Wildman–Crippen LogP) is 6.20. The van der Waals surface area contributed by atoms with Gasteiger partial charge in [0.05, 0.1) is 26.5 Å². The van der Waals surface area contributed by atoms with Crippen LogP contribution in [0.2, 0.25) is 0 Å². The smallest absolute Gasteiger partial charge is 0.330 e. The molecule has 0 heterocycles. The van der Waals surface area contributed by atoms with Gasteiger partial charge in [0.2, 0.25) is 0 Å². The Hall–Kier alpha value is -0.350. The molecule has 2 rings (SSSR count). The van der Waals surface area contributed by atoms with Gasteiger partial charge in [-0.05, 0) is 107 Å². The van der Waals surface area contributed by atoms with E-state index >= 15 is 0 Å². The minimum absolute atomic E-state index is 0.199. The minimum Gasteiger partial charge on any atom is -0.508 e. The summed E-state index contributed by atoms with van der Waals surface area (Å²) in [6.07, 6.45) is 0.946. The maximum Gasteiger partial charge on any atom is 0.330 e. The number of phenolic OH excluding ortho intramolecular Hbond substituents is 1. The summed E-state index contributed by atoms with van der Waals surface area (Å²) in [5.74, 6) is 1.62. The molecule has 0 aliphatic carbocycles. The number of hydrogen-bond acceptors (Lipinski definition) is 5. The van der Waals surface area contributed by atoms with Crippen molar-refractivity contribution in [2.24, 2.45) is 0 Å². The van der Waals surface area contributed by atoms with Crippen LogP contribution >= 0.6 is 52.8 Å². The molecule has 0 spiro atoms. The molecule has 0 fully saturated rings. The van der Waals surface area contributed by atoms with Crippen molar-refractivity contribution in [3.63, 3.8) is 0 Å². The molecule has 0 bridgehead atoms. The molecule has 0 saturated carbocycles. The molecule has 2 aromatic rings. The second-order valence-electron chi connectivity index (χ2n) is 5.40. The van der Waals surface area contributed by atoms with Gasteiger partial charge >= 0.3 is 7.60 Å². The Kier molecular flexibility index (Phi) is 8.66. The van der Waals surface area contributed by atoms with Crippen LogP contribution in [-0.2, 0) is 20.0 Å². The number of rotatable bonds is 9. The average molecular weight is 602 g/mol. The van der Waals surface area contributed by atoms with Crippen LogP contribution in [0.15, 0.2) is 36.4 Å². The second kappa shape index (κ2) is 10.3. The summed E-state index contributed by atoms with van der Waals surface area (Å²) in [7, 11) is -3.05. The summed E-state index contributed by atoms with van der Waals surface area (Å²) in [5, 5.41) is 9.37. The van der Waals surface area contributed by atoms with E-state index in [0.29, 0.717) is 31.5 Å². The monoisotopic (exact) mass is 602 g/mol. The molecule has 5 nitrogen and oxygen atoms in total. The average Bonchev–Trinajstić information content (AvgIpc) is 2.58. The first-order chi connectivity index (χ1) is 12.4. The molecule has 0 amide bonds. The molecule has 0 aromatic heterocycles. The minimum atomic E-state index is -3.05. The van der Waals surface area contributed by atoms with Gasteiger partial charge in [0.25, 0.3) is 0 Å². The van der Waals surface area contributed by atoms with Gasteiger partial charge in [0, 0.05) is 0 Å².